The maximum absolute atomic E-state index is 12.1. The van der Waals surface area contributed by atoms with Gasteiger partial charge in [0.15, 0.2) is 6.61 Å². The monoisotopic (exact) mass is 608 g/mol. The van der Waals surface area contributed by atoms with Crippen LogP contribution in [0.1, 0.15) is 22.6 Å². The second-order valence-electron chi connectivity index (χ2n) is 6.51. The van der Waals surface area contributed by atoms with Gasteiger partial charge in [-0.05, 0) is 69.7 Å². The first-order valence-electron chi connectivity index (χ1n) is 9.31. The molecule has 0 radical (unpaired) electrons. The van der Waals surface area contributed by atoms with Gasteiger partial charge in [-0.25, -0.2) is 10.4 Å². The molecule has 0 aliphatic carbocycles. The number of nitrogens with one attached hydrogen (secondary N) is 1. The number of methoxy groups -OCH3 is 1. The van der Waals surface area contributed by atoms with E-state index in [4.69, 9.17) is 13.9 Å². The molecule has 3 rings (SSSR count). The molecule has 0 saturated heterocycles. The van der Waals surface area contributed by atoms with Gasteiger partial charge in [0.05, 0.1) is 18.5 Å². The molecule has 164 valence electrons. The molecular weight excluding hydrogens is 591 g/mol. The molecule has 3 aromatic rings. The first-order chi connectivity index (χ1) is 15.4. The highest BCUT2D eigenvalue weighted by atomic mass is 127. The third-order valence-corrected chi connectivity index (χ3v) is 6.02. The largest absolute Gasteiger partial charge is 0.467 e. The van der Waals surface area contributed by atoms with Gasteiger partial charge in [0.2, 0.25) is 5.88 Å². The summed E-state index contributed by atoms with van der Waals surface area (Å²) in [6.07, 6.45) is 1.40. The number of hydrogen-bond acceptors (Lipinski definition) is 7. The van der Waals surface area contributed by atoms with Crippen LogP contribution in [0.3, 0.4) is 0 Å². The molecular formula is C22H18BrIN4O4. The number of hydrazone groups is 1. The smallest absolute Gasteiger partial charge is 0.278 e. The molecule has 1 aromatic carbocycles. The Morgan fingerprint density at radius 3 is 2.78 bits per heavy atom. The second kappa shape index (κ2) is 11.2. The van der Waals surface area contributed by atoms with Gasteiger partial charge in [-0.2, -0.15) is 10.4 Å². The molecule has 0 aliphatic rings. The Morgan fingerprint density at radius 1 is 1.34 bits per heavy atom. The average molecular weight is 609 g/mol. The molecule has 0 atom stereocenters. The number of furan rings is 1. The van der Waals surface area contributed by atoms with Crippen LogP contribution in [-0.4, -0.2) is 30.8 Å². The number of benzene rings is 1. The summed E-state index contributed by atoms with van der Waals surface area (Å²) >= 11 is 5.64. The lowest BCUT2D eigenvalue weighted by Crippen LogP contribution is -2.25. The van der Waals surface area contributed by atoms with E-state index >= 15 is 0 Å². The Kier molecular flexibility index (Phi) is 8.38. The molecule has 1 N–H and O–H groups in total. The van der Waals surface area contributed by atoms with Crippen LogP contribution in [0.4, 0.5) is 0 Å². The Balaban J connectivity index is 1.60. The maximum Gasteiger partial charge on any atom is 0.278 e. The van der Waals surface area contributed by atoms with Crippen molar-refractivity contribution in [2.24, 2.45) is 5.10 Å². The molecule has 32 heavy (non-hydrogen) atoms. The van der Waals surface area contributed by atoms with Crippen molar-refractivity contribution in [1.82, 2.24) is 10.4 Å². The number of pyridine rings is 1. The predicted molar refractivity (Wildman–Crippen MR) is 130 cm³/mol. The highest BCUT2D eigenvalue weighted by molar-refractivity contribution is 14.1. The lowest BCUT2D eigenvalue weighted by atomic mass is 10.1. The predicted octanol–water partition coefficient (Wildman–Crippen LogP) is 4.56. The Labute approximate surface area is 206 Å². The number of aromatic nitrogens is 1. The van der Waals surface area contributed by atoms with Crippen molar-refractivity contribution in [1.29, 1.82) is 5.26 Å². The van der Waals surface area contributed by atoms with E-state index in [0.29, 0.717) is 27.3 Å². The van der Waals surface area contributed by atoms with Gasteiger partial charge in [0.25, 0.3) is 5.91 Å². The minimum Gasteiger partial charge on any atom is -0.467 e. The van der Waals surface area contributed by atoms with Crippen molar-refractivity contribution in [3.63, 3.8) is 0 Å². The second-order valence-corrected chi connectivity index (χ2v) is 8.54. The van der Waals surface area contributed by atoms with Crippen LogP contribution in [0.2, 0.25) is 0 Å². The average Bonchev–Trinajstić information content (AvgIpc) is 3.25. The van der Waals surface area contributed by atoms with E-state index in [0.717, 1.165) is 9.13 Å². The number of amides is 1. The Bertz CT molecular complexity index is 1190. The lowest BCUT2D eigenvalue weighted by Gasteiger charge is -2.13. The zero-order chi connectivity index (χ0) is 23.1. The Hall–Kier alpha value is -2.75. The van der Waals surface area contributed by atoms with Crippen LogP contribution in [0.5, 0.6) is 5.88 Å². The minimum absolute atomic E-state index is 0.0626. The van der Waals surface area contributed by atoms with Crippen molar-refractivity contribution in [3.8, 4) is 23.3 Å². The van der Waals surface area contributed by atoms with Gasteiger partial charge in [-0.15, -0.1) is 0 Å². The first kappa shape index (κ1) is 23.9. The van der Waals surface area contributed by atoms with Gasteiger partial charge in [0.1, 0.15) is 23.2 Å². The summed E-state index contributed by atoms with van der Waals surface area (Å²) in [4.78, 5) is 16.3. The van der Waals surface area contributed by atoms with Crippen LogP contribution < -0.4 is 10.2 Å². The number of aryl methyl sites for hydroxylation is 1. The number of nitrogens with zero attached hydrogens (tertiary/aromatic N) is 3. The van der Waals surface area contributed by atoms with Crippen molar-refractivity contribution in [3.05, 3.63) is 67.0 Å². The minimum atomic E-state index is -0.509. The molecule has 8 nitrogen and oxygen atoms in total. The van der Waals surface area contributed by atoms with E-state index < -0.39 is 5.91 Å². The van der Waals surface area contributed by atoms with Gasteiger partial charge in [-0.1, -0.05) is 12.1 Å². The summed E-state index contributed by atoms with van der Waals surface area (Å²) < 4.78 is 18.1. The summed E-state index contributed by atoms with van der Waals surface area (Å²) in [7, 11) is 1.53. The number of carbonyl (C=O) groups is 1. The number of hydrogen-bond donors (Lipinski definition) is 1. The topological polar surface area (TPSA) is 110 Å². The quantitative estimate of drug-likeness (QED) is 0.228. The number of carbonyl (C=O) groups excluding carboxylic acids is 1. The highest BCUT2D eigenvalue weighted by Crippen LogP contribution is 2.30. The fraction of sp³-hybridized carbons (Fsp3) is 0.182. The van der Waals surface area contributed by atoms with Gasteiger partial charge in [0, 0.05) is 26.3 Å². The summed E-state index contributed by atoms with van der Waals surface area (Å²) in [5.74, 6) is 0.740. The van der Waals surface area contributed by atoms with Crippen LogP contribution in [0.15, 0.2) is 50.4 Å². The summed E-state index contributed by atoms with van der Waals surface area (Å²) in [5, 5.41) is 13.4. The first-order valence-corrected chi connectivity index (χ1v) is 11.2. The molecule has 0 spiro atoms. The fourth-order valence-corrected chi connectivity index (χ4v) is 3.50. The molecule has 0 fully saturated rings. The number of ether oxygens (including phenoxy) is 2. The van der Waals surface area contributed by atoms with Crippen LogP contribution in [0.25, 0.3) is 11.3 Å². The van der Waals surface area contributed by atoms with Crippen LogP contribution >= 0.6 is 38.5 Å². The fourth-order valence-electron chi connectivity index (χ4n) is 2.74. The molecule has 0 aliphatic heterocycles. The van der Waals surface area contributed by atoms with Gasteiger partial charge in [-0.3, -0.25) is 4.79 Å². The molecule has 0 unspecified atom stereocenters. The summed E-state index contributed by atoms with van der Waals surface area (Å²) in [5.41, 5.74) is 4.74. The SMILES string of the molecule is COCc1c(Br)c(C)nc(OCC(=O)NN=Cc2ccc(-c3ccc(I)cc3)o2)c1C#N. The van der Waals surface area contributed by atoms with Crippen molar-refractivity contribution in [2.75, 3.05) is 13.7 Å². The zero-order valence-electron chi connectivity index (χ0n) is 17.2. The molecule has 1 amide bonds. The molecule has 0 saturated carbocycles. The molecule has 2 heterocycles. The Morgan fingerprint density at radius 2 is 2.09 bits per heavy atom. The standard InChI is InChI=1S/C22H18BrIN4O4/c1-13-21(23)18(11-30-2)17(9-25)22(27-13)31-12-20(29)28-26-10-16-7-8-19(32-16)14-3-5-15(24)6-4-14/h3-8,10H,11-12H2,1-2H3,(H,28,29). The van der Waals surface area contributed by atoms with Crippen LogP contribution in [0, 0.1) is 21.8 Å². The van der Waals surface area contributed by atoms with Crippen molar-refractivity contribution < 1.29 is 18.7 Å². The van der Waals surface area contributed by atoms with E-state index in [1.165, 1.54) is 13.3 Å². The lowest BCUT2D eigenvalue weighted by molar-refractivity contribution is -0.123. The molecule has 10 heteroatoms. The number of nitriles is 1. The van der Waals surface area contributed by atoms with E-state index in [-0.39, 0.29) is 24.7 Å². The van der Waals surface area contributed by atoms with Crippen molar-refractivity contribution >= 4 is 50.6 Å². The normalized spacial score (nSPS) is 10.8. The number of rotatable bonds is 8. The van der Waals surface area contributed by atoms with E-state index in [9.17, 15) is 10.1 Å². The van der Waals surface area contributed by atoms with E-state index in [1.807, 2.05) is 30.3 Å². The molecule has 2 aromatic heterocycles. The van der Waals surface area contributed by atoms with Crippen LogP contribution in [-0.2, 0) is 16.1 Å². The summed E-state index contributed by atoms with van der Waals surface area (Å²) in [6.45, 7) is 1.60. The van der Waals surface area contributed by atoms with Gasteiger partial charge >= 0.3 is 0 Å². The van der Waals surface area contributed by atoms with E-state index in [2.05, 4.69) is 60.1 Å². The number of halogens is 2. The van der Waals surface area contributed by atoms with Crippen molar-refractivity contribution in [2.45, 2.75) is 13.5 Å². The molecule has 0 bridgehead atoms. The summed E-state index contributed by atoms with van der Waals surface area (Å²) in [6, 6.07) is 13.5. The van der Waals surface area contributed by atoms with E-state index in [1.54, 1.807) is 13.0 Å². The van der Waals surface area contributed by atoms with Gasteiger partial charge < -0.3 is 13.9 Å². The third-order valence-electron chi connectivity index (χ3n) is 4.24. The zero-order valence-corrected chi connectivity index (χ0v) is 20.9. The third kappa shape index (κ3) is 5.93. The highest BCUT2D eigenvalue weighted by Gasteiger charge is 2.18. The maximum atomic E-state index is 12.1.